The zero-order valence-corrected chi connectivity index (χ0v) is 18.4. The summed E-state index contributed by atoms with van der Waals surface area (Å²) in [4.78, 5) is 25.7. The number of hydrogen-bond donors (Lipinski definition) is 2. The summed E-state index contributed by atoms with van der Waals surface area (Å²) in [5, 5.41) is 2.90. The van der Waals surface area contributed by atoms with Crippen LogP contribution in [-0.4, -0.2) is 56.6 Å². The summed E-state index contributed by atoms with van der Waals surface area (Å²) in [6, 6.07) is 5.61. The summed E-state index contributed by atoms with van der Waals surface area (Å²) < 4.78 is 11.1. The van der Waals surface area contributed by atoms with Gasteiger partial charge in [-0.05, 0) is 62.0 Å². The highest BCUT2D eigenvalue weighted by molar-refractivity contribution is 5.91. The number of nitrogens with one attached hydrogen (secondary N) is 1. The van der Waals surface area contributed by atoms with E-state index in [1.807, 2.05) is 18.2 Å². The molecule has 1 aliphatic rings. The number of hydrogen-bond acceptors (Lipinski definition) is 5. The Kier molecular flexibility index (Phi) is 9.67. The third-order valence-electron chi connectivity index (χ3n) is 5.05. The van der Waals surface area contributed by atoms with Gasteiger partial charge in [-0.15, -0.1) is 0 Å². The fraction of sp³-hybridized carbons (Fsp3) is 0.565. The molecule has 2 rings (SSSR count). The van der Waals surface area contributed by atoms with Crippen LogP contribution in [0.2, 0.25) is 0 Å². The first-order valence-electron chi connectivity index (χ1n) is 10.7. The fourth-order valence-corrected chi connectivity index (χ4v) is 3.40. The molecule has 0 saturated carbocycles. The topological polar surface area (TPSA) is 93.9 Å². The monoisotopic (exact) mass is 417 g/mol. The van der Waals surface area contributed by atoms with Gasteiger partial charge in [-0.25, -0.2) is 0 Å². The molecule has 0 radical (unpaired) electrons. The number of primary amides is 1. The molecule has 1 aromatic rings. The van der Waals surface area contributed by atoms with E-state index < -0.39 is 0 Å². The zero-order chi connectivity index (χ0) is 21.9. The molecule has 2 amide bonds. The number of ether oxygens (including phenoxy) is 2. The Morgan fingerprint density at radius 1 is 1.33 bits per heavy atom. The molecule has 7 nitrogen and oxygen atoms in total. The van der Waals surface area contributed by atoms with Crippen LogP contribution in [-0.2, 0) is 9.59 Å². The van der Waals surface area contributed by atoms with Crippen LogP contribution >= 0.6 is 0 Å². The Labute approximate surface area is 179 Å². The molecule has 7 heteroatoms. The molecular weight excluding hydrogens is 382 g/mol. The number of rotatable bonds is 11. The van der Waals surface area contributed by atoms with Crippen LogP contribution in [0, 0.1) is 11.8 Å². The average Bonchev–Trinajstić information content (AvgIpc) is 2.74. The lowest BCUT2D eigenvalue weighted by atomic mass is 9.97. The number of nitrogens with zero attached hydrogens (tertiary/aromatic N) is 1. The van der Waals surface area contributed by atoms with Crippen molar-refractivity contribution in [3.8, 4) is 11.5 Å². The SMILES string of the molecule is COc1cc(/C=C/C(=O)NCCCN2CCCC(C(N)=O)C2)ccc1OCC(C)C. The molecule has 0 aromatic heterocycles. The zero-order valence-electron chi connectivity index (χ0n) is 18.4. The van der Waals surface area contributed by atoms with Crippen molar-refractivity contribution in [1.82, 2.24) is 10.2 Å². The van der Waals surface area contributed by atoms with Gasteiger partial charge in [-0.1, -0.05) is 19.9 Å². The molecular formula is C23H35N3O4. The highest BCUT2D eigenvalue weighted by Crippen LogP contribution is 2.29. The second kappa shape index (κ2) is 12.2. The van der Waals surface area contributed by atoms with Crippen molar-refractivity contribution in [3.63, 3.8) is 0 Å². The van der Waals surface area contributed by atoms with E-state index in [4.69, 9.17) is 15.2 Å². The van der Waals surface area contributed by atoms with Crippen molar-refractivity contribution in [2.24, 2.45) is 17.6 Å². The third-order valence-corrected chi connectivity index (χ3v) is 5.05. The quantitative estimate of drug-likeness (QED) is 0.426. The van der Waals surface area contributed by atoms with E-state index in [-0.39, 0.29) is 17.7 Å². The third kappa shape index (κ3) is 8.06. The predicted molar refractivity (Wildman–Crippen MR) is 118 cm³/mol. The molecule has 1 aliphatic heterocycles. The smallest absolute Gasteiger partial charge is 0.243 e. The van der Waals surface area contributed by atoms with E-state index in [0.717, 1.165) is 44.5 Å². The summed E-state index contributed by atoms with van der Waals surface area (Å²) in [7, 11) is 1.60. The van der Waals surface area contributed by atoms with Crippen molar-refractivity contribution in [2.45, 2.75) is 33.1 Å². The van der Waals surface area contributed by atoms with Crippen LogP contribution in [0.5, 0.6) is 11.5 Å². The highest BCUT2D eigenvalue weighted by Gasteiger charge is 2.23. The maximum absolute atomic E-state index is 12.1. The summed E-state index contributed by atoms with van der Waals surface area (Å²) in [6.45, 7) is 7.95. The Hall–Kier alpha value is -2.54. The van der Waals surface area contributed by atoms with Crippen molar-refractivity contribution in [1.29, 1.82) is 0 Å². The first-order chi connectivity index (χ1) is 14.4. The Morgan fingerprint density at radius 2 is 2.13 bits per heavy atom. The number of methoxy groups -OCH3 is 1. The number of carbonyl (C=O) groups is 2. The lowest BCUT2D eigenvalue weighted by molar-refractivity contribution is -0.123. The van der Waals surface area contributed by atoms with Crippen LogP contribution in [0.4, 0.5) is 0 Å². The van der Waals surface area contributed by atoms with Gasteiger partial charge in [0.25, 0.3) is 0 Å². The molecule has 1 unspecified atom stereocenters. The van der Waals surface area contributed by atoms with Crippen molar-refractivity contribution in [3.05, 3.63) is 29.8 Å². The maximum Gasteiger partial charge on any atom is 0.243 e. The normalized spacial score (nSPS) is 17.3. The Balaban J connectivity index is 1.74. The van der Waals surface area contributed by atoms with Crippen LogP contribution in [0.15, 0.2) is 24.3 Å². The lowest BCUT2D eigenvalue weighted by Crippen LogP contribution is -2.42. The molecule has 1 fully saturated rings. The van der Waals surface area contributed by atoms with Crippen molar-refractivity contribution in [2.75, 3.05) is 39.9 Å². The molecule has 1 atom stereocenters. The number of carbonyl (C=O) groups excluding carboxylic acids is 2. The molecule has 1 aromatic carbocycles. The second-order valence-electron chi connectivity index (χ2n) is 8.14. The van der Waals surface area contributed by atoms with Gasteiger partial charge < -0.3 is 25.4 Å². The molecule has 0 bridgehead atoms. The summed E-state index contributed by atoms with van der Waals surface area (Å²) in [5.41, 5.74) is 6.28. The van der Waals surface area contributed by atoms with E-state index in [0.29, 0.717) is 30.6 Å². The van der Waals surface area contributed by atoms with Crippen LogP contribution < -0.4 is 20.5 Å². The highest BCUT2D eigenvalue weighted by atomic mass is 16.5. The number of likely N-dealkylation sites (tertiary alicyclic amines) is 1. The first kappa shape index (κ1) is 23.7. The van der Waals surface area contributed by atoms with Crippen LogP contribution in [0.1, 0.15) is 38.7 Å². The second-order valence-corrected chi connectivity index (χ2v) is 8.14. The van der Waals surface area contributed by atoms with Gasteiger partial charge in [0.1, 0.15) is 0 Å². The predicted octanol–water partition coefficient (Wildman–Crippen LogP) is 2.45. The van der Waals surface area contributed by atoms with Crippen LogP contribution in [0.3, 0.4) is 0 Å². The van der Waals surface area contributed by atoms with Crippen molar-refractivity contribution >= 4 is 17.9 Å². The van der Waals surface area contributed by atoms with E-state index >= 15 is 0 Å². The van der Waals surface area contributed by atoms with E-state index in [9.17, 15) is 9.59 Å². The van der Waals surface area contributed by atoms with E-state index in [2.05, 4.69) is 24.1 Å². The van der Waals surface area contributed by atoms with Gasteiger partial charge in [0, 0.05) is 19.2 Å². The first-order valence-corrected chi connectivity index (χ1v) is 10.7. The average molecular weight is 418 g/mol. The lowest BCUT2D eigenvalue weighted by Gasteiger charge is -2.31. The fourth-order valence-electron chi connectivity index (χ4n) is 3.40. The maximum atomic E-state index is 12.1. The Bertz CT molecular complexity index is 733. The number of piperidine rings is 1. The molecule has 0 spiro atoms. The Morgan fingerprint density at radius 3 is 2.83 bits per heavy atom. The summed E-state index contributed by atoms with van der Waals surface area (Å²) in [6.07, 6.45) is 5.98. The molecule has 166 valence electrons. The molecule has 3 N–H and O–H groups in total. The standard InChI is InChI=1S/C23H35N3O4/c1-17(2)16-30-20-9-7-18(14-21(20)29-3)8-10-22(27)25-11-5-13-26-12-4-6-19(15-26)23(24)28/h7-10,14,17,19H,4-6,11-13,15-16H2,1-3H3,(H2,24,28)(H,25,27)/b10-8+. The van der Waals surface area contributed by atoms with Gasteiger partial charge in [-0.3, -0.25) is 9.59 Å². The number of amides is 2. The van der Waals surface area contributed by atoms with E-state index in [1.165, 1.54) is 6.08 Å². The van der Waals surface area contributed by atoms with Gasteiger partial charge in [0.15, 0.2) is 11.5 Å². The summed E-state index contributed by atoms with van der Waals surface area (Å²) in [5.74, 6) is 1.38. The molecule has 1 heterocycles. The molecule has 0 aliphatic carbocycles. The summed E-state index contributed by atoms with van der Waals surface area (Å²) >= 11 is 0. The largest absolute Gasteiger partial charge is 0.493 e. The minimum Gasteiger partial charge on any atom is -0.493 e. The van der Waals surface area contributed by atoms with Gasteiger partial charge in [0.05, 0.1) is 19.6 Å². The van der Waals surface area contributed by atoms with Crippen LogP contribution in [0.25, 0.3) is 6.08 Å². The molecule has 30 heavy (non-hydrogen) atoms. The minimum atomic E-state index is -0.214. The van der Waals surface area contributed by atoms with Gasteiger partial charge in [-0.2, -0.15) is 0 Å². The van der Waals surface area contributed by atoms with Gasteiger partial charge in [0.2, 0.25) is 11.8 Å². The number of benzene rings is 1. The van der Waals surface area contributed by atoms with E-state index in [1.54, 1.807) is 13.2 Å². The minimum absolute atomic E-state index is 0.0459. The van der Waals surface area contributed by atoms with Gasteiger partial charge >= 0.3 is 0 Å². The molecule has 1 saturated heterocycles. The number of nitrogens with two attached hydrogens (primary N) is 1. The van der Waals surface area contributed by atoms with Crippen molar-refractivity contribution < 1.29 is 19.1 Å².